The number of hydrogen-bond donors (Lipinski definition) is 2. The highest BCUT2D eigenvalue weighted by Gasteiger charge is 2.25. The van der Waals surface area contributed by atoms with Crippen LogP contribution in [0.25, 0.3) is 0 Å². The van der Waals surface area contributed by atoms with Gasteiger partial charge in [-0.3, -0.25) is 4.79 Å². The third-order valence-electron chi connectivity index (χ3n) is 3.33. The Morgan fingerprint density at radius 1 is 1.47 bits per heavy atom. The molecule has 3 N–H and O–H groups in total. The van der Waals surface area contributed by atoms with Crippen molar-refractivity contribution in [3.8, 4) is 0 Å². The number of nitrogens with zero attached hydrogens (tertiary/aromatic N) is 2. The molecule has 1 aliphatic heterocycles. The summed E-state index contributed by atoms with van der Waals surface area (Å²) in [7, 11) is 0. The molecule has 0 aromatic carbocycles. The van der Waals surface area contributed by atoms with Gasteiger partial charge >= 0.3 is 0 Å². The summed E-state index contributed by atoms with van der Waals surface area (Å²) in [5.41, 5.74) is 5.86. The third-order valence-corrected chi connectivity index (χ3v) is 4.32. The van der Waals surface area contributed by atoms with Crippen LogP contribution in [0.2, 0.25) is 0 Å². The molecule has 0 atom stereocenters. The molecule has 0 unspecified atom stereocenters. The van der Waals surface area contributed by atoms with Crippen LogP contribution < -0.4 is 11.1 Å². The maximum absolute atomic E-state index is 12.4. The largest absolute Gasteiger partial charge is 0.382 e. The molecule has 0 bridgehead atoms. The lowest BCUT2D eigenvalue weighted by Crippen LogP contribution is -2.37. The highest BCUT2D eigenvalue weighted by atomic mass is 32.1. The number of nitrogen functional groups attached to an aromatic ring is 1. The Hall–Kier alpha value is -1.30. The lowest BCUT2D eigenvalue weighted by Gasteiger charge is -2.29. The number of carbonyl (C=O) groups excluding carboxylic acids is 1. The number of piperidine rings is 1. The Morgan fingerprint density at radius 3 is 2.68 bits per heavy atom. The molecule has 1 aromatic heterocycles. The molecule has 5 nitrogen and oxygen atoms in total. The van der Waals surface area contributed by atoms with Gasteiger partial charge in [0.05, 0.1) is 0 Å². The molecule has 19 heavy (non-hydrogen) atoms. The van der Waals surface area contributed by atoms with Gasteiger partial charge in [-0.25, -0.2) is 4.98 Å². The Labute approximate surface area is 118 Å². The van der Waals surface area contributed by atoms with Crippen molar-refractivity contribution in [2.24, 2.45) is 5.92 Å². The number of rotatable bonds is 3. The van der Waals surface area contributed by atoms with Gasteiger partial charge in [-0.1, -0.05) is 18.3 Å². The number of nitrogens with two attached hydrogens (primary N) is 1. The lowest BCUT2D eigenvalue weighted by atomic mass is 9.99. The van der Waals surface area contributed by atoms with E-state index in [1.165, 1.54) is 11.3 Å². The van der Waals surface area contributed by atoms with Crippen LogP contribution in [-0.2, 0) is 0 Å². The topological polar surface area (TPSA) is 71.2 Å². The molecule has 0 radical (unpaired) electrons. The van der Waals surface area contributed by atoms with E-state index in [0.717, 1.165) is 31.1 Å². The molecule has 0 aliphatic carbocycles. The van der Waals surface area contributed by atoms with Crippen molar-refractivity contribution in [2.75, 3.05) is 24.1 Å². The molecule has 2 heterocycles. The van der Waals surface area contributed by atoms with Gasteiger partial charge in [0.15, 0.2) is 5.13 Å². The summed E-state index contributed by atoms with van der Waals surface area (Å²) in [5, 5.41) is 3.91. The zero-order chi connectivity index (χ0) is 14.0. The minimum absolute atomic E-state index is 0.0266. The summed E-state index contributed by atoms with van der Waals surface area (Å²) in [5.74, 6) is 1.08. The van der Waals surface area contributed by atoms with Crippen LogP contribution in [0.3, 0.4) is 0 Å². The average molecular weight is 282 g/mol. The number of hydrogen-bond acceptors (Lipinski definition) is 5. The molecule has 0 spiro atoms. The summed E-state index contributed by atoms with van der Waals surface area (Å²) < 4.78 is 0. The quantitative estimate of drug-likeness (QED) is 0.893. The van der Waals surface area contributed by atoms with E-state index in [1.54, 1.807) is 0 Å². The van der Waals surface area contributed by atoms with Gasteiger partial charge in [-0.15, -0.1) is 0 Å². The molecule has 1 aromatic rings. The predicted molar refractivity (Wildman–Crippen MR) is 79.6 cm³/mol. The third kappa shape index (κ3) is 3.37. The smallest absolute Gasteiger partial charge is 0.267 e. The SMILES string of the molecule is CC1CCN(C(=O)c2sc(NC(C)C)nc2N)CC1. The van der Waals surface area contributed by atoms with Gasteiger partial charge in [-0.2, -0.15) is 0 Å². The first-order valence-electron chi connectivity index (χ1n) is 6.79. The van der Waals surface area contributed by atoms with Crippen molar-refractivity contribution >= 4 is 28.2 Å². The highest BCUT2D eigenvalue weighted by Crippen LogP contribution is 2.28. The maximum Gasteiger partial charge on any atom is 0.267 e. The Kier molecular flexibility index (Phi) is 4.29. The molecular weight excluding hydrogens is 260 g/mol. The van der Waals surface area contributed by atoms with Crippen molar-refractivity contribution in [3.63, 3.8) is 0 Å². The van der Waals surface area contributed by atoms with Crippen LogP contribution in [0, 0.1) is 5.92 Å². The second-order valence-corrected chi connectivity index (χ2v) is 6.51. The van der Waals surface area contributed by atoms with Gasteiger partial charge in [0, 0.05) is 19.1 Å². The Bertz CT molecular complexity index is 449. The van der Waals surface area contributed by atoms with Crippen molar-refractivity contribution in [2.45, 2.75) is 39.7 Å². The molecule has 106 valence electrons. The number of aromatic nitrogens is 1. The molecular formula is C13H22N4OS. The second-order valence-electron chi connectivity index (χ2n) is 5.51. The van der Waals surface area contributed by atoms with E-state index in [4.69, 9.17) is 5.73 Å². The molecule has 6 heteroatoms. The van der Waals surface area contributed by atoms with Crippen LogP contribution in [0.4, 0.5) is 10.9 Å². The van der Waals surface area contributed by atoms with E-state index in [1.807, 2.05) is 18.7 Å². The van der Waals surface area contributed by atoms with E-state index >= 15 is 0 Å². The molecule has 1 amide bonds. The minimum atomic E-state index is 0.0266. The van der Waals surface area contributed by atoms with Gasteiger partial charge < -0.3 is 16.0 Å². The molecule has 0 saturated carbocycles. The first-order valence-corrected chi connectivity index (χ1v) is 7.61. The summed E-state index contributed by atoms with van der Waals surface area (Å²) >= 11 is 1.35. The monoisotopic (exact) mass is 282 g/mol. The number of anilines is 2. The van der Waals surface area contributed by atoms with Crippen LogP contribution >= 0.6 is 11.3 Å². The zero-order valence-corrected chi connectivity index (χ0v) is 12.6. The van der Waals surface area contributed by atoms with E-state index in [-0.39, 0.29) is 11.9 Å². The van der Waals surface area contributed by atoms with Crippen molar-refractivity contribution in [1.82, 2.24) is 9.88 Å². The number of thiazole rings is 1. The fourth-order valence-corrected chi connectivity index (χ4v) is 3.15. The maximum atomic E-state index is 12.4. The molecule has 2 rings (SSSR count). The number of amides is 1. The minimum Gasteiger partial charge on any atom is -0.382 e. The number of likely N-dealkylation sites (tertiary alicyclic amines) is 1. The van der Waals surface area contributed by atoms with Crippen molar-refractivity contribution in [3.05, 3.63) is 4.88 Å². The first kappa shape index (κ1) is 14.1. The summed E-state index contributed by atoms with van der Waals surface area (Å²) in [4.78, 5) is 19.1. The molecule has 1 fully saturated rings. The van der Waals surface area contributed by atoms with Crippen LogP contribution in [0.15, 0.2) is 0 Å². The highest BCUT2D eigenvalue weighted by molar-refractivity contribution is 7.18. The fraction of sp³-hybridized carbons (Fsp3) is 0.692. The second kappa shape index (κ2) is 5.77. The summed E-state index contributed by atoms with van der Waals surface area (Å²) in [6, 6.07) is 0.282. The average Bonchev–Trinajstić information content (AvgIpc) is 2.69. The standard InChI is InChI=1S/C13H22N4OS/c1-8(2)15-13-16-11(14)10(19-13)12(18)17-6-4-9(3)5-7-17/h8-9H,4-7,14H2,1-3H3,(H,15,16). The van der Waals surface area contributed by atoms with Gasteiger partial charge in [0.2, 0.25) is 0 Å². The Balaban J connectivity index is 2.08. The van der Waals surface area contributed by atoms with Gasteiger partial charge in [0.1, 0.15) is 10.7 Å². The first-order chi connectivity index (χ1) is 8.97. The van der Waals surface area contributed by atoms with E-state index in [0.29, 0.717) is 16.6 Å². The van der Waals surface area contributed by atoms with E-state index in [9.17, 15) is 4.79 Å². The van der Waals surface area contributed by atoms with Crippen LogP contribution in [-0.4, -0.2) is 34.9 Å². The normalized spacial score (nSPS) is 16.9. The van der Waals surface area contributed by atoms with Crippen LogP contribution in [0.5, 0.6) is 0 Å². The van der Waals surface area contributed by atoms with E-state index < -0.39 is 0 Å². The molecule has 1 saturated heterocycles. The summed E-state index contributed by atoms with van der Waals surface area (Å²) in [6.45, 7) is 7.94. The number of carbonyl (C=O) groups is 1. The lowest BCUT2D eigenvalue weighted by molar-refractivity contribution is 0.0703. The van der Waals surface area contributed by atoms with E-state index in [2.05, 4.69) is 17.2 Å². The molecule has 1 aliphatic rings. The number of nitrogens with one attached hydrogen (secondary N) is 1. The van der Waals surface area contributed by atoms with Crippen LogP contribution in [0.1, 0.15) is 43.3 Å². The van der Waals surface area contributed by atoms with Crippen molar-refractivity contribution < 1.29 is 4.79 Å². The predicted octanol–water partition coefficient (Wildman–Crippen LogP) is 2.42. The van der Waals surface area contributed by atoms with Crippen molar-refractivity contribution in [1.29, 1.82) is 0 Å². The Morgan fingerprint density at radius 2 is 2.11 bits per heavy atom. The summed E-state index contributed by atoms with van der Waals surface area (Å²) in [6.07, 6.45) is 2.14. The van der Waals surface area contributed by atoms with Gasteiger partial charge in [0.25, 0.3) is 5.91 Å². The zero-order valence-electron chi connectivity index (χ0n) is 11.8. The fourth-order valence-electron chi connectivity index (χ4n) is 2.15. The van der Waals surface area contributed by atoms with Gasteiger partial charge in [-0.05, 0) is 32.6 Å².